The molecule has 0 heterocycles. The molecule has 132 valence electrons. The maximum absolute atomic E-state index is 12.4. The number of carbonyl (C=O) groups is 1. The summed E-state index contributed by atoms with van der Waals surface area (Å²) in [5.74, 6) is -0.155. The summed E-state index contributed by atoms with van der Waals surface area (Å²) in [4.78, 5) is 21.5. The lowest BCUT2D eigenvalue weighted by Crippen LogP contribution is -2.14. The largest absolute Gasteiger partial charge is 0.326 e. The third kappa shape index (κ3) is 5.01. The number of hydrogen-bond acceptors (Lipinski definition) is 5. The van der Waals surface area contributed by atoms with Gasteiger partial charge in [-0.3, -0.25) is 19.6 Å². The summed E-state index contributed by atoms with van der Waals surface area (Å²) >= 11 is 0. The summed E-state index contributed by atoms with van der Waals surface area (Å²) in [5, 5.41) is 13.3. The fourth-order valence-corrected chi connectivity index (χ4v) is 3.12. The predicted octanol–water partition coefficient (Wildman–Crippen LogP) is 3.13. The van der Waals surface area contributed by atoms with Gasteiger partial charge in [0.25, 0.3) is 15.7 Å². The summed E-state index contributed by atoms with van der Waals surface area (Å²) in [6, 6.07) is 10.9. The van der Waals surface area contributed by atoms with E-state index in [0.717, 1.165) is 24.3 Å². The Labute approximate surface area is 145 Å². The van der Waals surface area contributed by atoms with Gasteiger partial charge in [-0.05, 0) is 36.8 Å². The van der Waals surface area contributed by atoms with Crippen LogP contribution in [0.2, 0.25) is 0 Å². The van der Waals surface area contributed by atoms with Gasteiger partial charge in [0.15, 0.2) is 0 Å². The van der Waals surface area contributed by atoms with Crippen molar-refractivity contribution in [2.75, 3.05) is 10.0 Å². The van der Waals surface area contributed by atoms with E-state index < -0.39 is 14.9 Å². The van der Waals surface area contributed by atoms with Crippen LogP contribution in [0.1, 0.15) is 19.8 Å². The molecule has 0 saturated carbocycles. The van der Waals surface area contributed by atoms with Crippen LogP contribution in [-0.4, -0.2) is 19.2 Å². The average molecular weight is 363 g/mol. The summed E-state index contributed by atoms with van der Waals surface area (Å²) in [6.07, 6.45) is 1.08. The second-order valence-electron chi connectivity index (χ2n) is 5.24. The van der Waals surface area contributed by atoms with Crippen LogP contribution < -0.4 is 10.0 Å². The van der Waals surface area contributed by atoms with Gasteiger partial charge in [-0.2, -0.15) is 0 Å². The number of rotatable bonds is 7. The first-order chi connectivity index (χ1) is 11.8. The summed E-state index contributed by atoms with van der Waals surface area (Å²) < 4.78 is 27.1. The SMILES string of the molecule is CCCC(=O)Nc1cccc(NS(=O)(=O)c2ccc([N+](=O)[O-])cc2)c1. The second kappa shape index (κ2) is 7.75. The van der Waals surface area contributed by atoms with Crippen molar-refractivity contribution >= 4 is 33.0 Å². The zero-order valence-corrected chi connectivity index (χ0v) is 14.2. The molecule has 8 nitrogen and oxygen atoms in total. The Bertz CT molecular complexity index is 879. The van der Waals surface area contributed by atoms with Crippen LogP contribution in [0.3, 0.4) is 0 Å². The third-order valence-corrected chi connectivity index (χ3v) is 4.63. The van der Waals surface area contributed by atoms with E-state index in [-0.39, 0.29) is 22.2 Å². The molecule has 0 saturated heterocycles. The van der Waals surface area contributed by atoms with Crippen molar-refractivity contribution in [2.45, 2.75) is 24.7 Å². The molecule has 0 aliphatic carbocycles. The lowest BCUT2D eigenvalue weighted by Gasteiger charge is -2.10. The number of non-ortho nitro benzene ring substituents is 1. The Kier molecular flexibility index (Phi) is 5.71. The van der Waals surface area contributed by atoms with Gasteiger partial charge in [0, 0.05) is 24.2 Å². The third-order valence-electron chi connectivity index (χ3n) is 3.23. The summed E-state index contributed by atoms with van der Waals surface area (Å²) in [7, 11) is -3.90. The molecule has 1 amide bonds. The fourth-order valence-electron chi connectivity index (χ4n) is 2.07. The van der Waals surface area contributed by atoms with Crippen LogP contribution in [0, 0.1) is 10.1 Å². The molecule has 0 fully saturated rings. The molecule has 0 bridgehead atoms. The molecule has 0 aliphatic heterocycles. The van der Waals surface area contributed by atoms with Gasteiger partial charge in [0.1, 0.15) is 0 Å². The Balaban J connectivity index is 2.17. The zero-order valence-electron chi connectivity index (χ0n) is 13.4. The number of nitrogens with zero attached hydrogens (tertiary/aromatic N) is 1. The monoisotopic (exact) mass is 363 g/mol. The standard InChI is InChI=1S/C16H17N3O5S/c1-2-4-16(20)17-12-5-3-6-13(11-12)18-25(23,24)15-9-7-14(8-10-15)19(21)22/h3,5-11,18H,2,4H2,1H3,(H,17,20). The summed E-state index contributed by atoms with van der Waals surface area (Å²) in [6.45, 7) is 1.88. The Morgan fingerprint density at radius 1 is 1.12 bits per heavy atom. The maximum atomic E-state index is 12.4. The molecule has 2 aromatic carbocycles. The van der Waals surface area contributed by atoms with Gasteiger partial charge < -0.3 is 5.32 Å². The molecule has 0 atom stereocenters. The van der Waals surface area contributed by atoms with Crippen LogP contribution in [0.5, 0.6) is 0 Å². The number of anilines is 2. The Morgan fingerprint density at radius 3 is 2.36 bits per heavy atom. The molecule has 25 heavy (non-hydrogen) atoms. The molecule has 0 aromatic heterocycles. The van der Waals surface area contributed by atoms with E-state index in [2.05, 4.69) is 10.0 Å². The Morgan fingerprint density at radius 2 is 1.76 bits per heavy atom. The molecule has 2 aromatic rings. The van der Waals surface area contributed by atoms with Crippen molar-refractivity contribution in [3.8, 4) is 0 Å². The molecule has 9 heteroatoms. The molecule has 0 radical (unpaired) electrons. The molecule has 2 N–H and O–H groups in total. The van der Waals surface area contributed by atoms with Crippen molar-refractivity contribution in [3.05, 3.63) is 58.6 Å². The minimum atomic E-state index is -3.90. The zero-order chi connectivity index (χ0) is 18.4. The number of nitrogens with one attached hydrogen (secondary N) is 2. The first kappa shape index (κ1) is 18.4. The lowest BCUT2D eigenvalue weighted by atomic mass is 10.2. The van der Waals surface area contributed by atoms with Crippen molar-refractivity contribution < 1.29 is 18.1 Å². The van der Waals surface area contributed by atoms with Gasteiger partial charge in [-0.15, -0.1) is 0 Å². The average Bonchev–Trinajstić information content (AvgIpc) is 2.55. The van der Waals surface area contributed by atoms with E-state index in [1.165, 1.54) is 6.07 Å². The van der Waals surface area contributed by atoms with Gasteiger partial charge in [0.2, 0.25) is 5.91 Å². The number of nitro benzene ring substituents is 1. The number of sulfonamides is 1. The van der Waals surface area contributed by atoms with Crippen LogP contribution >= 0.6 is 0 Å². The van der Waals surface area contributed by atoms with E-state index in [1.807, 2.05) is 6.92 Å². The number of amides is 1. The van der Waals surface area contributed by atoms with Gasteiger partial charge in [-0.25, -0.2) is 8.42 Å². The normalized spacial score (nSPS) is 10.9. The van der Waals surface area contributed by atoms with Crippen molar-refractivity contribution in [2.24, 2.45) is 0 Å². The lowest BCUT2D eigenvalue weighted by molar-refractivity contribution is -0.384. The van der Waals surface area contributed by atoms with Crippen molar-refractivity contribution in [1.82, 2.24) is 0 Å². The minimum absolute atomic E-state index is 0.0986. The van der Waals surface area contributed by atoms with Crippen LogP contribution in [0.15, 0.2) is 53.4 Å². The number of benzene rings is 2. The quantitative estimate of drug-likeness (QED) is 0.579. The van der Waals surface area contributed by atoms with E-state index in [1.54, 1.807) is 18.2 Å². The minimum Gasteiger partial charge on any atom is -0.326 e. The first-order valence-electron chi connectivity index (χ1n) is 7.49. The van der Waals surface area contributed by atoms with E-state index >= 15 is 0 Å². The van der Waals surface area contributed by atoms with Gasteiger partial charge in [0.05, 0.1) is 15.5 Å². The van der Waals surface area contributed by atoms with Crippen LogP contribution in [-0.2, 0) is 14.8 Å². The highest BCUT2D eigenvalue weighted by Crippen LogP contribution is 2.21. The van der Waals surface area contributed by atoms with Gasteiger partial charge >= 0.3 is 0 Å². The number of nitro groups is 1. The van der Waals surface area contributed by atoms with Crippen molar-refractivity contribution in [3.63, 3.8) is 0 Å². The smallest absolute Gasteiger partial charge is 0.269 e. The van der Waals surface area contributed by atoms with Gasteiger partial charge in [-0.1, -0.05) is 13.0 Å². The van der Waals surface area contributed by atoms with Crippen LogP contribution in [0.4, 0.5) is 17.1 Å². The maximum Gasteiger partial charge on any atom is 0.269 e. The second-order valence-corrected chi connectivity index (χ2v) is 6.92. The molecule has 0 unspecified atom stereocenters. The Hall–Kier alpha value is -2.94. The highest BCUT2D eigenvalue weighted by Gasteiger charge is 2.16. The molecule has 2 rings (SSSR count). The topological polar surface area (TPSA) is 118 Å². The number of hydrogen-bond donors (Lipinski definition) is 2. The molecular weight excluding hydrogens is 346 g/mol. The molecule has 0 spiro atoms. The molecule has 0 aliphatic rings. The summed E-state index contributed by atoms with van der Waals surface area (Å²) in [5.41, 5.74) is 0.551. The van der Waals surface area contributed by atoms with E-state index in [0.29, 0.717) is 18.5 Å². The predicted molar refractivity (Wildman–Crippen MR) is 93.9 cm³/mol. The molecular formula is C16H17N3O5S. The van der Waals surface area contributed by atoms with E-state index in [4.69, 9.17) is 0 Å². The van der Waals surface area contributed by atoms with Crippen molar-refractivity contribution in [1.29, 1.82) is 0 Å². The fraction of sp³-hybridized carbons (Fsp3) is 0.188. The highest BCUT2D eigenvalue weighted by atomic mass is 32.2. The first-order valence-corrected chi connectivity index (χ1v) is 8.97. The number of carbonyl (C=O) groups excluding carboxylic acids is 1. The van der Waals surface area contributed by atoms with Crippen LogP contribution in [0.25, 0.3) is 0 Å². The van der Waals surface area contributed by atoms with E-state index in [9.17, 15) is 23.3 Å². The highest BCUT2D eigenvalue weighted by molar-refractivity contribution is 7.92.